The van der Waals surface area contributed by atoms with Crippen molar-refractivity contribution in [1.29, 1.82) is 0 Å². The Kier molecular flexibility index (Phi) is 7.29. The maximum absolute atomic E-state index is 12.0. The van der Waals surface area contributed by atoms with E-state index in [0.717, 1.165) is 10.0 Å². The second kappa shape index (κ2) is 9.45. The van der Waals surface area contributed by atoms with Gasteiger partial charge >= 0.3 is 0 Å². The third-order valence-electron chi connectivity index (χ3n) is 3.27. The highest BCUT2D eigenvalue weighted by molar-refractivity contribution is 9.10. The number of hydrogen-bond donors (Lipinski definition) is 2. The van der Waals surface area contributed by atoms with Crippen molar-refractivity contribution in [2.45, 2.75) is 20.0 Å². The molecule has 0 saturated carbocycles. The van der Waals surface area contributed by atoms with Gasteiger partial charge in [-0.25, -0.2) is 0 Å². The monoisotopic (exact) mass is 440 g/mol. The predicted molar refractivity (Wildman–Crippen MR) is 102 cm³/mol. The molecule has 0 bridgehead atoms. The lowest BCUT2D eigenvalue weighted by molar-refractivity contribution is -0.133. The van der Waals surface area contributed by atoms with Gasteiger partial charge in [0.1, 0.15) is 11.5 Å². The summed E-state index contributed by atoms with van der Waals surface area (Å²) >= 11 is 9.15. The number of aryl methyl sites for hydroxylation is 1. The molecule has 138 valence electrons. The standard InChI is InChI=1S/C18H18BrClN2O4/c1-11-3-8-16(15(19)9-11)25-10-17(23)21-22-18(24)12(2)26-14-6-4-13(20)5-7-14/h3-9,12H,10H2,1-2H3,(H,21,23)(H,22,24). The van der Waals surface area contributed by atoms with E-state index in [9.17, 15) is 9.59 Å². The summed E-state index contributed by atoms with van der Waals surface area (Å²) in [5.41, 5.74) is 5.64. The first kappa shape index (κ1) is 20.1. The summed E-state index contributed by atoms with van der Waals surface area (Å²) in [6.07, 6.45) is -0.802. The van der Waals surface area contributed by atoms with E-state index in [1.54, 1.807) is 37.3 Å². The highest BCUT2D eigenvalue weighted by atomic mass is 79.9. The van der Waals surface area contributed by atoms with Gasteiger partial charge in [-0.1, -0.05) is 17.7 Å². The maximum Gasteiger partial charge on any atom is 0.279 e. The molecule has 0 aromatic heterocycles. The molecule has 0 heterocycles. The number of halogens is 2. The molecule has 2 amide bonds. The van der Waals surface area contributed by atoms with Crippen molar-refractivity contribution < 1.29 is 19.1 Å². The van der Waals surface area contributed by atoms with Gasteiger partial charge in [-0.2, -0.15) is 0 Å². The molecule has 2 aromatic carbocycles. The topological polar surface area (TPSA) is 76.7 Å². The minimum absolute atomic E-state index is 0.242. The van der Waals surface area contributed by atoms with Crippen LogP contribution in [0.4, 0.5) is 0 Å². The van der Waals surface area contributed by atoms with Crippen molar-refractivity contribution in [3.63, 3.8) is 0 Å². The third-order valence-corrected chi connectivity index (χ3v) is 4.14. The summed E-state index contributed by atoms with van der Waals surface area (Å²) in [5, 5.41) is 0.571. The molecule has 8 heteroatoms. The molecular formula is C18H18BrClN2O4. The Labute approximate surface area is 164 Å². The van der Waals surface area contributed by atoms with E-state index in [4.69, 9.17) is 21.1 Å². The molecule has 6 nitrogen and oxygen atoms in total. The van der Waals surface area contributed by atoms with Crippen LogP contribution in [0.5, 0.6) is 11.5 Å². The first-order valence-electron chi connectivity index (χ1n) is 7.75. The molecule has 0 aliphatic heterocycles. The molecule has 0 aliphatic carbocycles. The van der Waals surface area contributed by atoms with Crippen molar-refractivity contribution in [3.05, 3.63) is 57.5 Å². The number of rotatable bonds is 6. The van der Waals surface area contributed by atoms with E-state index in [1.807, 2.05) is 19.1 Å². The number of carbonyl (C=O) groups excluding carboxylic acids is 2. The Morgan fingerprint density at radius 1 is 1.15 bits per heavy atom. The zero-order chi connectivity index (χ0) is 19.1. The second-order valence-electron chi connectivity index (χ2n) is 5.47. The molecule has 0 radical (unpaired) electrons. The molecule has 0 fully saturated rings. The smallest absolute Gasteiger partial charge is 0.279 e. The largest absolute Gasteiger partial charge is 0.483 e. The lowest BCUT2D eigenvalue weighted by atomic mass is 10.2. The Balaban J connectivity index is 1.75. The van der Waals surface area contributed by atoms with Crippen LogP contribution in [0.3, 0.4) is 0 Å². The normalized spacial score (nSPS) is 11.4. The quantitative estimate of drug-likeness (QED) is 0.674. The molecular weight excluding hydrogens is 424 g/mol. The van der Waals surface area contributed by atoms with Gasteiger partial charge < -0.3 is 9.47 Å². The van der Waals surface area contributed by atoms with E-state index in [1.165, 1.54) is 0 Å². The zero-order valence-electron chi connectivity index (χ0n) is 14.2. The van der Waals surface area contributed by atoms with Gasteiger partial charge in [0, 0.05) is 5.02 Å². The van der Waals surface area contributed by atoms with Gasteiger partial charge in [0.15, 0.2) is 12.7 Å². The van der Waals surface area contributed by atoms with Gasteiger partial charge in [-0.3, -0.25) is 20.4 Å². The van der Waals surface area contributed by atoms with Gasteiger partial charge in [-0.05, 0) is 71.7 Å². The molecule has 2 N–H and O–H groups in total. The minimum Gasteiger partial charge on any atom is -0.483 e. The average Bonchev–Trinajstić information content (AvgIpc) is 2.60. The minimum atomic E-state index is -0.802. The fourth-order valence-electron chi connectivity index (χ4n) is 1.91. The molecule has 0 saturated heterocycles. The zero-order valence-corrected chi connectivity index (χ0v) is 16.6. The fraction of sp³-hybridized carbons (Fsp3) is 0.222. The van der Waals surface area contributed by atoms with Gasteiger partial charge in [0.25, 0.3) is 11.8 Å². The summed E-state index contributed by atoms with van der Waals surface area (Å²) in [7, 11) is 0. The predicted octanol–water partition coefficient (Wildman–Crippen LogP) is 3.40. The first-order chi connectivity index (χ1) is 12.3. The Morgan fingerprint density at radius 2 is 1.85 bits per heavy atom. The van der Waals surface area contributed by atoms with E-state index in [0.29, 0.717) is 16.5 Å². The summed E-state index contributed by atoms with van der Waals surface area (Å²) in [5.74, 6) is 0.0433. The molecule has 2 rings (SSSR count). The number of hydrogen-bond acceptors (Lipinski definition) is 4. The van der Waals surface area contributed by atoms with Crippen molar-refractivity contribution in [2.75, 3.05) is 6.61 Å². The average molecular weight is 442 g/mol. The van der Waals surface area contributed by atoms with Crippen LogP contribution in [-0.2, 0) is 9.59 Å². The van der Waals surface area contributed by atoms with Crippen LogP contribution in [0.2, 0.25) is 5.02 Å². The molecule has 0 spiro atoms. The van der Waals surface area contributed by atoms with Gasteiger partial charge in [-0.15, -0.1) is 0 Å². The van der Waals surface area contributed by atoms with Crippen LogP contribution in [0, 0.1) is 6.92 Å². The Hall–Kier alpha value is -2.25. The van der Waals surface area contributed by atoms with Crippen molar-refractivity contribution >= 4 is 39.3 Å². The Morgan fingerprint density at radius 3 is 2.50 bits per heavy atom. The van der Waals surface area contributed by atoms with E-state index in [-0.39, 0.29) is 6.61 Å². The van der Waals surface area contributed by atoms with Crippen LogP contribution < -0.4 is 20.3 Å². The van der Waals surface area contributed by atoms with Crippen LogP contribution in [0.15, 0.2) is 46.9 Å². The lowest BCUT2D eigenvalue weighted by Crippen LogP contribution is -2.48. The van der Waals surface area contributed by atoms with Crippen LogP contribution in [-0.4, -0.2) is 24.5 Å². The number of ether oxygens (including phenoxy) is 2. The SMILES string of the molecule is Cc1ccc(OCC(=O)NNC(=O)C(C)Oc2ccc(Cl)cc2)c(Br)c1. The number of carbonyl (C=O) groups is 2. The maximum atomic E-state index is 12.0. The van der Waals surface area contributed by atoms with Gasteiger partial charge in [0.05, 0.1) is 4.47 Å². The highest BCUT2D eigenvalue weighted by Gasteiger charge is 2.15. The summed E-state index contributed by atoms with van der Waals surface area (Å²) < 4.78 is 11.6. The van der Waals surface area contributed by atoms with Crippen molar-refractivity contribution in [1.82, 2.24) is 10.9 Å². The van der Waals surface area contributed by atoms with Crippen molar-refractivity contribution in [2.24, 2.45) is 0 Å². The second-order valence-corrected chi connectivity index (χ2v) is 6.76. The van der Waals surface area contributed by atoms with Crippen molar-refractivity contribution in [3.8, 4) is 11.5 Å². The van der Waals surface area contributed by atoms with E-state index >= 15 is 0 Å². The molecule has 0 aliphatic rings. The number of benzene rings is 2. The summed E-state index contributed by atoms with van der Waals surface area (Å²) in [4.78, 5) is 23.8. The fourth-order valence-corrected chi connectivity index (χ4v) is 2.64. The van der Waals surface area contributed by atoms with Gasteiger partial charge in [0.2, 0.25) is 0 Å². The molecule has 2 aromatic rings. The van der Waals surface area contributed by atoms with Crippen LogP contribution >= 0.6 is 27.5 Å². The number of hydrazine groups is 1. The number of amides is 2. The van der Waals surface area contributed by atoms with E-state index < -0.39 is 17.9 Å². The molecule has 1 atom stereocenters. The molecule has 26 heavy (non-hydrogen) atoms. The first-order valence-corrected chi connectivity index (χ1v) is 8.92. The molecule has 1 unspecified atom stereocenters. The number of nitrogens with one attached hydrogen (secondary N) is 2. The third kappa shape index (κ3) is 6.24. The summed E-state index contributed by atoms with van der Waals surface area (Å²) in [6.45, 7) is 3.27. The highest BCUT2D eigenvalue weighted by Crippen LogP contribution is 2.25. The Bertz CT molecular complexity index is 783. The summed E-state index contributed by atoms with van der Waals surface area (Å²) in [6, 6.07) is 12.1. The lowest BCUT2D eigenvalue weighted by Gasteiger charge is -2.15. The van der Waals surface area contributed by atoms with Crippen LogP contribution in [0.1, 0.15) is 12.5 Å². The van der Waals surface area contributed by atoms with Crippen LogP contribution in [0.25, 0.3) is 0 Å². The van der Waals surface area contributed by atoms with E-state index in [2.05, 4.69) is 26.8 Å².